The van der Waals surface area contributed by atoms with Crippen LogP contribution in [0.15, 0.2) is 35.3 Å². The Morgan fingerprint density at radius 3 is 2.58 bits per heavy atom. The van der Waals surface area contributed by atoms with Gasteiger partial charge in [-0.1, -0.05) is 24.3 Å². The molecule has 6 heteroatoms. The van der Waals surface area contributed by atoms with Crippen molar-refractivity contribution in [3.63, 3.8) is 0 Å². The van der Waals surface area contributed by atoms with Crippen LogP contribution in [0.5, 0.6) is 0 Å². The first-order chi connectivity index (χ1) is 12.0. The molecule has 0 atom stereocenters. The van der Waals surface area contributed by atoms with Gasteiger partial charge in [-0.2, -0.15) is 5.10 Å². The molecule has 2 rings (SSSR count). The third-order valence-electron chi connectivity index (χ3n) is 4.26. The normalized spacial score (nSPS) is 11.2. The molecule has 1 aromatic carbocycles. The Bertz CT molecular complexity index is 708. The first-order valence-corrected chi connectivity index (χ1v) is 9.06. The second-order valence-corrected chi connectivity index (χ2v) is 6.52. The lowest BCUT2D eigenvalue weighted by Crippen LogP contribution is -2.38. The van der Waals surface area contributed by atoms with Gasteiger partial charge < -0.3 is 10.2 Å². The maximum absolute atomic E-state index is 4.78. The molecule has 0 aliphatic heterocycles. The molecule has 5 nitrogen and oxygen atoms in total. The van der Waals surface area contributed by atoms with Crippen molar-refractivity contribution in [2.45, 2.75) is 47.2 Å². The number of rotatable bonds is 7. The van der Waals surface area contributed by atoms with Gasteiger partial charge in [0.1, 0.15) is 0 Å². The lowest BCUT2D eigenvalue weighted by molar-refractivity contribution is 0.473. The third-order valence-corrected chi connectivity index (χ3v) is 4.26. The zero-order valence-electron chi connectivity index (χ0n) is 16.6. The molecule has 2 aromatic rings. The van der Waals surface area contributed by atoms with Gasteiger partial charge in [-0.3, -0.25) is 9.67 Å². The summed E-state index contributed by atoms with van der Waals surface area (Å²) in [6.45, 7) is 11.8. The number of benzene rings is 1. The van der Waals surface area contributed by atoms with Crippen molar-refractivity contribution < 1.29 is 0 Å². The molecular weight excluding hydrogens is 437 g/mol. The molecule has 0 aliphatic carbocycles. The highest BCUT2D eigenvalue weighted by Gasteiger charge is 2.08. The highest BCUT2D eigenvalue weighted by Crippen LogP contribution is 2.09. The number of aryl methyl sites for hydroxylation is 4. The van der Waals surface area contributed by atoms with Gasteiger partial charge in [0.2, 0.25) is 0 Å². The van der Waals surface area contributed by atoms with Crippen LogP contribution in [-0.2, 0) is 13.1 Å². The molecule has 0 spiro atoms. The summed E-state index contributed by atoms with van der Waals surface area (Å²) in [7, 11) is 2.09. The van der Waals surface area contributed by atoms with E-state index in [0.29, 0.717) is 0 Å². The number of hydrogen-bond acceptors (Lipinski definition) is 2. The maximum atomic E-state index is 4.78. The van der Waals surface area contributed by atoms with Crippen LogP contribution < -0.4 is 5.32 Å². The lowest BCUT2D eigenvalue weighted by Gasteiger charge is -2.23. The van der Waals surface area contributed by atoms with Gasteiger partial charge in [0.15, 0.2) is 5.96 Å². The first-order valence-electron chi connectivity index (χ1n) is 9.06. The Hall–Kier alpha value is -1.57. The average Bonchev–Trinajstić information content (AvgIpc) is 2.90. The molecule has 0 aliphatic rings. The van der Waals surface area contributed by atoms with E-state index in [-0.39, 0.29) is 24.0 Å². The van der Waals surface area contributed by atoms with Crippen molar-refractivity contribution in [3.05, 3.63) is 52.8 Å². The summed E-state index contributed by atoms with van der Waals surface area (Å²) < 4.78 is 2.06. The van der Waals surface area contributed by atoms with E-state index in [0.717, 1.165) is 44.3 Å². The standard InChI is InChI=1S/C20H31N5.HI/c1-6-21-20(24(5)15-19-11-8-7-10-16(19)2)22-12-9-13-25-18(4)14-17(3)23-25;/h7-8,10-11,14H,6,9,12-13,15H2,1-5H3,(H,21,22);1H. The quantitative estimate of drug-likeness (QED) is 0.290. The maximum Gasteiger partial charge on any atom is 0.193 e. The Kier molecular flexibility index (Phi) is 9.69. The molecule has 0 amide bonds. The SMILES string of the molecule is CCNC(=NCCCn1nc(C)cc1C)N(C)Cc1ccccc1C.I. The smallest absolute Gasteiger partial charge is 0.193 e. The molecule has 0 bridgehead atoms. The van der Waals surface area contributed by atoms with Gasteiger partial charge in [0, 0.05) is 38.9 Å². The average molecular weight is 469 g/mol. The highest BCUT2D eigenvalue weighted by atomic mass is 127. The number of nitrogens with one attached hydrogen (secondary N) is 1. The molecule has 0 radical (unpaired) electrons. The van der Waals surface area contributed by atoms with Crippen molar-refractivity contribution in [1.29, 1.82) is 0 Å². The van der Waals surface area contributed by atoms with Gasteiger partial charge in [0.25, 0.3) is 0 Å². The van der Waals surface area contributed by atoms with E-state index in [1.165, 1.54) is 16.8 Å². The van der Waals surface area contributed by atoms with Crippen LogP contribution in [0.3, 0.4) is 0 Å². The molecule has 1 N–H and O–H groups in total. The van der Waals surface area contributed by atoms with Gasteiger partial charge in [0.05, 0.1) is 5.69 Å². The first kappa shape index (κ1) is 22.5. The Labute approximate surface area is 174 Å². The van der Waals surface area contributed by atoms with Gasteiger partial charge in [-0.25, -0.2) is 0 Å². The molecule has 1 heterocycles. The second kappa shape index (κ2) is 11.2. The highest BCUT2D eigenvalue weighted by molar-refractivity contribution is 14.0. The number of aliphatic imine (C=N–C) groups is 1. The Morgan fingerprint density at radius 1 is 1.23 bits per heavy atom. The summed E-state index contributed by atoms with van der Waals surface area (Å²) in [5.74, 6) is 0.958. The van der Waals surface area contributed by atoms with E-state index < -0.39 is 0 Å². The van der Waals surface area contributed by atoms with E-state index in [2.05, 4.69) is 78.1 Å². The Morgan fingerprint density at radius 2 is 1.96 bits per heavy atom. The van der Waals surface area contributed by atoms with Crippen molar-refractivity contribution >= 4 is 29.9 Å². The summed E-state index contributed by atoms with van der Waals surface area (Å²) in [6.07, 6.45) is 0.981. The Balaban J connectivity index is 0.00000338. The largest absolute Gasteiger partial charge is 0.357 e. The van der Waals surface area contributed by atoms with Crippen LogP contribution in [0.4, 0.5) is 0 Å². The van der Waals surface area contributed by atoms with Gasteiger partial charge >= 0.3 is 0 Å². The summed E-state index contributed by atoms with van der Waals surface area (Å²) in [5, 5.41) is 7.90. The summed E-state index contributed by atoms with van der Waals surface area (Å²) in [5.41, 5.74) is 4.94. The number of guanidine groups is 1. The summed E-state index contributed by atoms with van der Waals surface area (Å²) in [4.78, 5) is 6.97. The van der Waals surface area contributed by atoms with Crippen molar-refractivity contribution in [3.8, 4) is 0 Å². The number of aromatic nitrogens is 2. The lowest BCUT2D eigenvalue weighted by atomic mass is 10.1. The molecule has 0 unspecified atom stereocenters. The van der Waals surface area contributed by atoms with Crippen molar-refractivity contribution in [2.24, 2.45) is 4.99 Å². The zero-order chi connectivity index (χ0) is 18.2. The topological polar surface area (TPSA) is 45.5 Å². The monoisotopic (exact) mass is 469 g/mol. The molecule has 1 aromatic heterocycles. The van der Waals surface area contributed by atoms with Gasteiger partial charge in [-0.05, 0) is 51.3 Å². The molecule has 26 heavy (non-hydrogen) atoms. The zero-order valence-corrected chi connectivity index (χ0v) is 18.9. The van der Waals surface area contributed by atoms with Crippen LogP contribution in [0, 0.1) is 20.8 Å². The van der Waals surface area contributed by atoms with Crippen molar-refractivity contribution in [2.75, 3.05) is 20.1 Å². The van der Waals surface area contributed by atoms with Crippen LogP contribution in [0.25, 0.3) is 0 Å². The fourth-order valence-corrected chi connectivity index (χ4v) is 2.89. The molecule has 0 fully saturated rings. The van der Waals surface area contributed by atoms with Crippen LogP contribution in [0.2, 0.25) is 0 Å². The fraction of sp³-hybridized carbons (Fsp3) is 0.500. The van der Waals surface area contributed by atoms with Crippen LogP contribution in [-0.4, -0.2) is 40.8 Å². The van der Waals surface area contributed by atoms with E-state index >= 15 is 0 Å². The number of hydrogen-bond donors (Lipinski definition) is 1. The summed E-state index contributed by atoms with van der Waals surface area (Å²) in [6, 6.07) is 10.6. The van der Waals surface area contributed by atoms with E-state index in [1.54, 1.807) is 0 Å². The minimum Gasteiger partial charge on any atom is -0.357 e. The van der Waals surface area contributed by atoms with Crippen LogP contribution in [0.1, 0.15) is 35.9 Å². The summed E-state index contributed by atoms with van der Waals surface area (Å²) >= 11 is 0. The van der Waals surface area contributed by atoms with Crippen LogP contribution >= 0.6 is 24.0 Å². The van der Waals surface area contributed by atoms with E-state index in [1.807, 2.05) is 6.92 Å². The molecular formula is C20H32IN5. The predicted molar refractivity (Wildman–Crippen MR) is 120 cm³/mol. The third kappa shape index (κ3) is 6.63. The minimum absolute atomic E-state index is 0. The van der Waals surface area contributed by atoms with Crippen molar-refractivity contribution in [1.82, 2.24) is 20.0 Å². The number of nitrogens with zero attached hydrogens (tertiary/aromatic N) is 4. The van der Waals surface area contributed by atoms with Gasteiger partial charge in [-0.15, -0.1) is 24.0 Å². The molecule has 0 saturated heterocycles. The minimum atomic E-state index is 0. The molecule has 0 saturated carbocycles. The predicted octanol–water partition coefficient (Wildman–Crippen LogP) is 3.91. The van der Waals surface area contributed by atoms with E-state index in [4.69, 9.17) is 4.99 Å². The van der Waals surface area contributed by atoms with E-state index in [9.17, 15) is 0 Å². The molecule has 144 valence electrons. The number of halogens is 1. The fourth-order valence-electron chi connectivity index (χ4n) is 2.89. The second-order valence-electron chi connectivity index (χ2n) is 6.52.